The Labute approximate surface area is 130 Å². The molecule has 0 saturated carbocycles. The van der Waals surface area contributed by atoms with Crippen molar-refractivity contribution in [2.75, 3.05) is 32.7 Å². The fourth-order valence-corrected chi connectivity index (χ4v) is 2.02. The first-order valence-electron chi connectivity index (χ1n) is 7.69. The molecule has 1 saturated heterocycles. The van der Waals surface area contributed by atoms with Gasteiger partial charge < -0.3 is 15.4 Å². The predicted molar refractivity (Wildman–Crippen MR) is 83.1 cm³/mol. The summed E-state index contributed by atoms with van der Waals surface area (Å²) in [6.45, 7) is 5.76. The van der Waals surface area contributed by atoms with Gasteiger partial charge in [-0.25, -0.2) is 4.79 Å². The van der Waals surface area contributed by atoms with Crippen LogP contribution < -0.4 is 10.6 Å². The van der Waals surface area contributed by atoms with Gasteiger partial charge in [0.2, 0.25) is 0 Å². The van der Waals surface area contributed by atoms with Crippen LogP contribution in [0.3, 0.4) is 0 Å². The number of ketones is 2. The standard InChI is InChI=1S/C15H25N3O4/c1-3-4-18-11(2)15(21)22-14-7-12(19)9-16-5-6-17-10-13(20)8-14/h14,16-17H,3-10H2,1-2H3. The van der Waals surface area contributed by atoms with E-state index in [0.717, 1.165) is 6.42 Å². The lowest BCUT2D eigenvalue weighted by molar-refractivity contribution is -0.143. The second-order valence-corrected chi connectivity index (χ2v) is 5.33. The number of nitrogens with zero attached hydrogens (tertiary/aromatic N) is 1. The van der Waals surface area contributed by atoms with Gasteiger partial charge in [-0.1, -0.05) is 6.92 Å². The van der Waals surface area contributed by atoms with Crippen LogP contribution in [0.15, 0.2) is 4.99 Å². The quantitative estimate of drug-likeness (QED) is 0.555. The number of ether oxygens (including phenoxy) is 1. The van der Waals surface area contributed by atoms with Crippen LogP contribution >= 0.6 is 0 Å². The summed E-state index contributed by atoms with van der Waals surface area (Å²) < 4.78 is 5.30. The van der Waals surface area contributed by atoms with E-state index in [0.29, 0.717) is 19.6 Å². The molecule has 0 aromatic carbocycles. The Morgan fingerprint density at radius 1 is 1.18 bits per heavy atom. The maximum absolute atomic E-state index is 11.9. The van der Waals surface area contributed by atoms with Crippen LogP contribution in [0.1, 0.15) is 33.1 Å². The fourth-order valence-electron chi connectivity index (χ4n) is 2.02. The van der Waals surface area contributed by atoms with Gasteiger partial charge in [0.15, 0.2) is 0 Å². The Kier molecular flexibility index (Phi) is 8.54. The molecule has 1 aliphatic heterocycles. The summed E-state index contributed by atoms with van der Waals surface area (Å²) in [6, 6.07) is 0. The van der Waals surface area contributed by atoms with Crippen LogP contribution in [0.4, 0.5) is 0 Å². The largest absolute Gasteiger partial charge is 0.457 e. The highest BCUT2D eigenvalue weighted by molar-refractivity contribution is 6.35. The number of Topliss-reactive ketones (excluding diaryl/α,β-unsaturated/α-hetero) is 2. The monoisotopic (exact) mass is 311 g/mol. The Bertz CT molecular complexity index is 413. The van der Waals surface area contributed by atoms with Crippen LogP contribution in [0.5, 0.6) is 0 Å². The summed E-state index contributed by atoms with van der Waals surface area (Å²) in [6.07, 6.45) is 0.209. The first-order chi connectivity index (χ1) is 10.5. The highest BCUT2D eigenvalue weighted by Crippen LogP contribution is 2.08. The summed E-state index contributed by atoms with van der Waals surface area (Å²) in [5.41, 5.74) is 0.271. The molecule has 0 radical (unpaired) electrons. The van der Waals surface area contributed by atoms with Crippen molar-refractivity contribution in [3.8, 4) is 0 Å². The van der Waals surface area contributed by atoms with Crippen molar-refractivity contribution in [1.82, 2.24) is 10.6 Å². The van der Waals surface area contributed by atoms with Crippen molar-refractivity contribution in [3.05, 3.63) is 0 Å². The topological polar surface area (TPSA) is 96.9 Å². The molecular weight excluding hydrogens is 286 g/mol. The van der Waals surface area contributed by atoms with E-state index in [4.69, 9.17) is 4.74 Å². The first kappa shape index (κ1) is 18.4. The Morgan fingerprint density at radius 2 is 1.73 bits per heavy atom. The van der Waals surface area contributed by atoms with Crippen LogP contribution in [0.25, 0.3) is 0 Å². The van der Waals surface area contributed by atoms with Gasteiger partial charge in [-0.15, -0.1) is 0 Å². The van der Waals surface area contributed by atoms with E-state index in [9.17, 15) is 14.4 Å². The molecule has 0 amide bonds. The Morgan fingerprint density at radius 3 is 2.23 bits per heavy atom. The van der Waals surface area contributed by atoms with Crippen molar-refractivity contribution in [3.63, 3.8) is 0 Å². The van der Waals surface area contributed by atoms with Crippen LogP contribution in [0, 0.1) is 0 Å². The molecule has 0 aromatic heterocycles. The molecule has 0 atom stereocenters. The molecule has 1 fully saturated rings. The second-order valence-electron chi connectivity index (χ2n) is 5.33. The first-order valence-corrected chi connectivity index (χ1v) is 7.69. The maximum atomic E-state index is 11.9. The van der Waals surface area contributed by atoms with Crippen molar-refractivity contribution >= 4 is 23.2 Å². The average molecular weight is 311 g/mol. The van der Waals surface area contributed by atoms with E-state index in [2.05, 4.69) is 15.6 Å². The van der Waals surface area contributed by atoms with Gasteiger partial charge in [0.05, 0.1) is 13.1 Å². The Hall–Kier alpha value is -1.60. The second kappa shape index (κ2) is 10.2. The lowest BCUT2D eigenvalue weighted by Gasteiger charge is -2.16. The molecule has 22 heavy (non-hydrogen) atoms. The highest BCUT2D eigenvalue weighted by atomic mass is 16.5. The smallest absolute Gasteiger partial charge is 0.352 e. The van der Waals surface area contributed by atoms with E-state index in [1.165, 1.54) is 0 Å². The Balaban J connectivity index is 2.66. The molecule has 2 N–H and O–H groups in total. The van der Waals surface area contributed by atoms with Crippen LogP contribution in [-0.2, 0) is 19.1 Å². The van der Waals surface area contributed by atoms with Gasteiger partial charge >= 0.3 is 5.97 Å². The molecule has 1 heterocycles. The number of carbonyl (C=O) groups excluding carboxylic acids is 3. The number of hydrogen-bond donors (Lipinski definition) is 2. The van der Waals surface area contributed by atoms with Crippen molar-refractivity contribution < 1.29 is 19.1 Å². The van der Waals surface area contributed by atoms with Crippen molar-refractivity contribution in [1.29, 1.82) is 0 Å². The van der Waals surface area contributed by atoms with Gasteiger partial charge in [-0.3, -0.25) is 14.6 Å². The third kappa shape index (κ3) is 7.42. The third-order valence-electron chi connectivity index (χ3n) is 3.18. The van der Waals surface area contributed by atoms with Gasteiger partial charge in [-0.2, -0.15) is 0 Å². The number of rotatable bonds is 4. The zero-order valence-electron chi connectivity index (χ0n) is 13.3. The maximum Gasteiger partial charge on any atom is 0.352 e. The molecular formula is C15H25N3O4. The summed E-state index contributed by atoms with van der Waals surface area (Å²) >= 11 is 0. The van der Waals surface area contributed by atoms with Gasteiger partial charge in [0.25, 0.3) is 0 Å². The van der Waals surface area contributed by atoms with Gasteiger partial charge in [-0.05, 0) is 13.3 Å². The van der Waals surface area contributed by atoms with E-state index in [-0.39, 0.29) is 43.2 Å². The molecule has 1 aliphatic rings. The molecule has 1 rings (SSSR count). The van der Waals surface area contributed by atoms with E-state index < -0.39 is 12.1 Å². The SMILES string of the molecule is CCCN=C(C)C(=O)OC1CC(=O)CNCCNCC(=O)C1. The van der Waals surface area contributed by atoms with Gasteiger partial charge in [0.1, 0.15) is 23.4 Å². The summed E-state index contributed by atoms with van der Waals surface area (Å²) in [4.78, 5) is 39.7. The summed E-state index contributed by atoms with van der Waals surface area (Å²) in [5.74, 6) is -0.707. The molecule has 0 bridgehead atoms. The number of esters is 1. The minimum absolute atomic E-state index is 0.0472. The summed E-state index contributed by atoms with van der Waals surface area (Å²) in [7, 11) is 0. The lowest BCUT2D eigenvalue weighted by Crippen LogP contribution is -2.32. The highest BCUT2D eigenvalue weighted by Gasteiger charge is 2.23. The third-order valence-corrected chi connectivity index (χ3v) is 3.18. The lowest BCUT2D eigenvalue weighted by atomic mass is 10.1. The average Bonchev–Trinajstić information content (AvgIpc) is 2.50. The molecule has 0 unspecified atom stereocenters. The van der Waals surface area contributed by atoms with Gasteiger partial charge in [0, 0.05) is 32.5 Å². The molecule has 7 nitrogen and oxygen atoms in total. The van der Waals surface area contributed by atoms with E-state index in [1.54, 1.807) is 6.92 Å². The fraction of sp³-hybridized carbons (Fsp3) is 0.733. The van der Waals surface area contributed by atoms with Crippen molar-refractivity contribution in [2.45, 2.75) is 39.2 Å². The minimum Gasteiger partial charge on any atom is -0.457 e. The molecule has 124 valence electrons. The predicted octanol–water partition coefficient (Wildman–Crippen LogP) is -0.120. The number of carbonyl (C=O) groups is 3. The van der Waals surface area contributed by atoms with E-state index >= 15 is 0 Å². The van der Waals surface area contributed by atoms with Crippen LogP contribution in [0.2, 0.25) is 0 Å². The number of aliphatic imine (C=N–C) groups is 1. The normalized spacial score (nSPS) is 19.6. The molecule has 0 aliphatic carbocycles. The minimum atomic E-state index is -0.721. The zero-order valence-corrected chi connectivity index (χ0v) is 13.3. The van der Waals surface area contributed by atoms with E-state index in [1.807, 2.05) is 6.92 Å². The number of hydrogen-bond acceptors (Lipinski definition) is 7. The zero-order chi connectivity index (χ0) is 16.4. The van der Waals surface area contributed by atoms with Crippen LogP contribution in [-0.4, -0.2) is 62.1 Å². The number of nitrogens with one attached hydrogen (secondary N) is 2. The summed E-state index contributed by atoms with van der Waals surface area (Å²) in [5, 5.41) is 5.97. The molecule has 0 aromatic rings. The molecule has 0 spiro atoms. The molecule has 7 heteroatoms. The van der Waals surface area contributed by atoms with Crippen molar-refractivity contribution in [2.24, 2.45) is 4.99 Å².